The SMILES string of the molecule is COc1cc(Nc2ncc(C(F)(F)F)c(-c3cnn(C(C)C)c3)n2)ccc1C(=O)N1CCOCC1. The molecule has 35 heavy (non-hydrogen) atoms. The number of carbonyl (C=O) groups is 1. The van der Waals surface area contributed by atoms with Crippen LogP contribution in [0.25, 0.3) is 11.3 Å². The predicted molar refractivity (Wildman–Crippen MR) is 122 cm³/mol. The molecule has 0 aliphatic carbocycles. The van der Waals surface area contributed by atoms with Crippen LogP contribution >= 0.6 is 0 Å². The molecule has 0 radical (unpaired) electrons. The van der Waals surface area contributed by atoms with E-state index in [1.54, 1.807) is 27.8 Å². The third-order valence-electron chi connectivity index (χ3n) is 5.48. The normalized spacial score (nSPS) is 14.3. The quantitative estimate of drug-likeness (QED) is 0.554. The maximum absolute atomic E-state index is 13.6. The van der Waals surface area contributed by atoms with Crippen LogP contribution in [-0.2, 0) is 10.9 Å². The highest BCUT2D eigenvalue weighted by Gasteiger charge is 2.36. The van der Waals surface area contributed by atoms with Crippen LogP contribution in [0.4, 0.5) is 24.8 Å². The first-order valence-electron chi connectivity index (χ1n) is 11.0. The molecule has 0 saturated carbocycles. The van der Waals surface area contributed by atoms with Crippen LogP contribution in [-0.4, -0.2) is 64.0 Å². The average Bonchev–Trinajstić information content (AvgIpc) is 3.34. The van der Waals surface area contributed by atoms with Gasteiger partial charge in [-0.1, -0.05) is 0 Å². The number of amides is 1. The Morgan fingerprint density at radius 1 is 1.20 bits per heavy atom. The van der Waals surface area contributed by atoms with Crippen LogP contribution < -0.4 is 10.1 Å². The topological polar surface area (TPSA) is 94.4 Å². The van der Waals surface area contributed by atoms with Gasteiger partial charge < -0.3 is 19.7 Å². The summed E-state index contributed by atoms with van der Waals surface area (Å²) in [5.41, 5.74) is -0.206. The zero-order valence-electron chi connectivity index (χ0n) is 19.5. The number of alkyl halides is 3. The lowest BCUT2D eigenvalue weighted by atomic mass is 10.1. The molecule has 1 aliphatic heterocycles. The number of halogens is 3. The first kappa shape index (κ1) is 24.5. The summed E-state index contributed by atoms with van der Waals surface area (Å²) in [7, 11) is 1.44. The van der Waals surface area contributed by atoms with Gasteiger partial charge in [-0.15, -0.1) is 0 Å². The van der Waals surface area contributed by atoms with E-state index in [-0.39, 0.29) is 29.2 Å². The number of anilines is 2. The summed E-state index contributed by atoms with van der Waals surface area (Å²) in [5, 5.41) is 7.03. The summed E-state index contributed by atoms with van der Waals surface area (Å²) >= 11 is 0. The second-order valence-corrected chi connectivity index (χ2v) is 8.20. The van der Waals surface area contributed by atoms with E-state index in [0.717, 1.165) is 6.20 Å². The van der Waals surface area contributed by atoms with Crippen molar-refractivity contribution in [3.63, 3.8) is 0 Å². The molecule has 0 unspecified atom stereocenters. The fourth-order valence-electron chi connectivity index (χ4n) is 3.62. The molecule has 1 amide bonds. The van der Waals surface area contributed by atoms with E-state index in [1.165, 1.54) is 19.5 Å². The first-order chi connectivity index (χ1) is 16.7. The minimum absolute atomic E-state index is 0.0244. The highest BCUT2D eigenvalue weighted by atomic mass is 19.4. The minimum atomic E-state index is -4.64. The Hall–Kier alpha value is -3.67. The number of ether oxygens (including phenoxy) is 2. The number of hydrogen-bond acceptors (Lipinski definition) is 7. The third kappa shape index (κ3) is 5.37. The van der Waals surface area contributed by atoms with Gasteiger partial charge >= 0.3 is 6.18 Å². The van der Waals surface area contributed by atoms with Crippen molar-refractivity contribution < 1.29 is 27.4 Å². The molecular formula is C23H25F3N6O3. The van der Waals surface area contributed by atoms with Gasteiger partial charge in [-0.25, -0.2) is 9.97 Å². The van der Waals surface area contributed by atoms with Crippen molar-refractivity contribution in [3.8, 4) is 17.0 Å². The van der Waals surface area contributed by atoms with E-state index in [1.807, 2.05) is 13.8 Å². The molecule has 1 aromatic carbocycles. The number of hydrogen-bond donors (Lipinski definition) is 1. The fraction of sp³-hybridized carbons (Fsp3) is 0.391. The summed E-state index contributed by atoms with van der Waals surface area (Å²) in [6, 6.07) is 4.76. The van der Waals surface area contributed by atoms with Crippen LogP contribution in [0.3, 0.4) is 0 Å². The first-order valence-corrected chi connectivity index (χ1v) is 11.0. The number of nitrogens with one attached hydrogen (secondary N) is 1. The second kappa shape index (κ2) is 9.90. The van der Waals surface area contributed by atoms with Crippen LogP contribution in [0.2, 0.25) is 0 Å². The molecule has 0 bridgehead atoms. The minimum Gasteiger partial charge on any atom is -0.496 e. The smallest absolute Gasteiger partial charge is 0.419 e. The molecule has 2 aromatic heterocycles. The molecule has 3 heterocycles. The van der Waals surface area contributed by atoms with E-state index >= 15 is 0 Å². The van der Waals surface area contributed by atoms with Crippen molar-refractivity contribution in [1.29, 1.82) is 0 Å². The molecule has 186 valence electrons. The Labute approximate surface area is 199 Å². The van der Waals surface area contributed by atoms with Crippen molar-refractivity contribution in [3.05, 3.63) is 47.9 Å². The maximum atomic E-state index is 13.6. The number of morpholine rings is 1. The average molecular weight is 490 g/mol. The molecular weight excluding hydrogens is 465 g/mol. The van der Waals surface area contributed by atoms with Gasteiger partial charge in [0.1, 0.15) is 11.3 Å². The van der Waals surface area contributed by atoms with Crippen LogP contribution in [0, 0.1) is 0 Å². The molecule has 0 atom stereocenters. The van der Waals surface area contributed by atoms with Gasteiger partial charge in [0.15, 0.2) is 0 Å². The van der Waals surface area contributed by atoms with E-state index in [9.17, 15) is 18.0 Å². The highest BCUT2D eigenvalue weighted by Crippen LogP contribution is 2.36. The van der Waals surface area contributed by atoms with Gasteiger partial charge in [0.25, 0.3) is 5.91 Å². The molecule has 1 saturated heterocycles. The largest absolute Gasteiger partial charge is 0.496 e. The van der Waals surface area contributed by atoms with Crippen molar-refractivity contribution in [1.82, 2.24) is 24.6 Å². The highest BCUT2D eigenvalue weighted by molar-refractivity contribution is 5.97. The van der Waals surface area contributed by atoms with Gasteiger partial charge in [0.05, 0.1) is 37.8 Å². The molecule has 0 spiro atoms. The Morgan fingerprint density at radius 2 is 1.94 bits per heavy atom. The summed E-state index contributed by atoms with van der Waals surface area (Å²) in [6.45, 7) is 5.65. The molecule has 4 rings (SSSR count). The summed E-state index contributed by atoms with van der Waals surface area (Å²) in [6.07, 6.45) is -1.04. The zero-order chi connectivity index (χ0) is 25.2. The Kier molecular flexibility index (Phi) is 6.92. The number of nitrogens with zero attached hydrogens (tertiary/aromatic N) is 5. The van der Waals surface area contributed by atoms with E-state index in [0.29, 0.717) is 43.3 Å². The third-order valence-corrected chi connectivity index (χ3v) is 5.48. The van der Waals surface area contributed by atoms with Crippen LogP contribution in [0.1, 0.15) is 35.8 Å². The summed E-state index contributed by atoms with van der Waals surface area (Å²) in [4.78, 5) is 22.5. The molecule has 1 N–H and O–H groups in total. The van der Waals surface area contributed by atoms with Crippen molar-refractivity contribution >= 4 is 17.5 Å². The van der Waals surface area contributed by atoms with Crippen LogP contribution in [0.5, 0.6) is 5.75 Å². The summed E-state index contributed by atoms with van der Waals surface area (Å²) < 4.78 is 53.2. The van der Waals surface area contributed by atoms with E-state index < -0.39 is 11.7 Å². The number of methoxy groups -OCH3 is 1. The number of rotatable bonds is 6. The molecule has 1 fully saturated rings. The van der Waals surface area contributed by atoms with Gasteiger partial charge in [-0.3, -0.25) is 9.48 Å². The lowest BCUT2D eigenvalue weighted by molar-refractivity contribution is -0.137. The Bertz CT molecular complexity index is 1210. The maximum Gasteiger partial charge on any atom is 0.419 e. The molecule has 1 aliphatic rings. The summed E-state index contributed by atoms with van der Waals surface area (Å²) in [5.74, 6) is 0.0865. The molecule has 12 heteroatoms. The lowest BCUT2D eigenvalue weighted by Crippen LogP contribution is -2.40. The molecule has 3 aromatic rings. The van der Waals surface area contributed by atoms with Crippen molar-refractivity contribution in [2.24, 2.45) is 0 Å². The van der Waals surface area contributed by atoms with Crippen molar-refractivity contribution in [2.75, 3.05) is 38.7 Å². The fourth-order valence-corrected chi connectivity index (χ4v) is 3.62. The van der Waals surface area contributed by atoms with Crippen molar-refractivity contribution in [2.45, 2.75) is 26.1 Å². The van der Waals surface area contributed by atoms with E-state index in [2.05, 4.69) is 20.4 Å². The van der Waals surface area contributed by atoms with Gasteiger partial charge in [0, 0.05) is 48.8 Å². The predicted octanol–water partition coefficient (Wildman–Crippen LogP) is 4.16. The lowest BCUT2D eigenvalue weighted by Gasteiger charge is -2.27. The van der Waals surface area contributed by atoms with Crippen LogP contribution in [0.15, 0.2) is 36.8 Å². The zero-order valence-corrected chi connectivity index (χ0v) is 19.5. The van der Waals surface area contributed by atoms with Gasteiger partial charge in [-0.05, 0) is 26.0 Å². The Morgan fingerprint density at radius 3 is 2.57 bits per heavy atom. The standard InChI is InChI=1S/C23H25F3N6O3/c1-14(2)32-13-15(11-28-32)20-18(23(24,25)26)12-27-22(30-20)29-16-4-5-17(19(10-16)34-3)21(33)31-6-8-35-9-7-31/h4-5,10-14H,6-9H2,1-3H3,(H,27,29,30). The monoisotopic (exact) mass is 490 g/mol. The van der Waals surface area contributed by atoms with Gasteiger partial charge in [-0.2, -0.15) is 18.3 Å². The number of aromatic nitrogens is 4. The van der Waals surface area contributed by atoms with Gasteiger partial charge in [0.2, 0.25) is 5.95 Å². The molecule has 9 nitrogen and oxygen atoms in total. The number of benzene rings is 1. The Balaban J connectivity index is 1.63. The number of carbonyl (C=O) groups excluding carboxylic acids is 1. The van der Waals surface area contributed by atoms with E-state index in [4.69, 9.17) is 9.47 Å². The second-order valence-electron chi connectivity index (χ2n) is 8.20.